The van der Waals surface area contributed by atoms with Crippen molar-refractivity contribution in [3.05, 3.63) is 59.6 Å². The molecular formula is C16H14N2O2S. The van der Waals surface area contributed by atoms with Gasteiger partial charge in [0.05, 0.1) is 0 Å². The minimum Gasteiger partial charge on any atom is -0.508 e. The topological polar surface area (TPSA) is 65.4 Å². The van der Waals surface area contributed by atoms with Crippen LogP contribution in [0.25, 0.3) is 10.6 Å². The van der Waals surface area contributed by atoms with Crippen LogP contribution >= 0.6 is 11.3 Å². The molecule has 1 aromatic heterocycles. The molecule has 3 N–H and O–H groups in total. The van der Waals surface area contributed by atoms with Gasteiger partial charge < -0.3 is 15.5 Å². The quantitative estimate of drug-likeness (QED) is 0.685. The van der Waals surface area contributed by atoms with Gasteiger partial charge in [0.1, 0.15) is 16.5 Å². The van der Waals surface area contributed by atoms with Crippen molar-refractivity contribution in [1.29, 1.82) is 0 Å². The van der Waals surface area contributed by atoms with Crippen LogP contribution in [0.2, 0.25) is 0 Å². The van der Waals surface area contributed by atoms with Gasteiger partial charge >= 0.3 is 0 Å². The predicted molar refractivity (Wildman–Crippen MR) is 84.6 cm³/mol. The number of phenols is 2. The molecule has 0 aliphatic heterocycles. The number of hydrogen-bond acceptors (Lipinski definition) is 5. The number of nitrogens with one attached hydrogen (secondary N) is 1. The number of benzene rings is 2. The van der Waals surface area contributed by atoms with Gasteiger partial charge in [-0.3, -0.25) is 0 Å². The van der Waals surface area contributed by atoms with Crippen molar-refractivity contribution in [2.24, 2.45) is 0 Å². The fourth-order valence-corrected chi connectivity index (χ4v) is 2.66. The largest absolute Gasteiger partial charge is 0.508 e. The Morgan fingerprint density at radius 1 is 1.10 bits per heavy atom. The van der Waals surface area contributed by atoms with Crippen LogP contribution in [0, 0.1) is 0 Å². The van der Waals surface area contributed by atoms with Crippen molar-refractivity contribution < 1.29 is 10.2 Å². The number of hydrogen-bond donors (Lipinski definition) is 3. The maximum absolute atomic E-state index is 9.77. The van der Waals surface area contributed by atoms with Crippen LogP contribution in [0.4, 0.5) is 5.69 Å². The predicted octanol–water partition coefficient (Wildman–Crippen LogP) is 3.83. The third-order valence-electron chi connectivity index (χ3n) is 3.09. The Balaban J connectivity index is 1.75. The third kappa shape index (κ3) is 3.14. The fraction of sp³-hybridized carbons (Fsp3) is 0.0625. The van der Waals surface area contributed by atoms with E-state index < -0.39 is 0 Å². The van der Waals surface area contributed by atoms with Gasteiger partial charge in [0, 0.05) is 41.0 Å². The average Bonchev–Trinajstić information content (AvgIpc) is 3.01. The summed E-state index contributed by atoms with van der Waals surface area (Å²) >= 11 is 1.60. The molecule has 2 aromatic carbocycles. The first kappa shape index (κ1) is 13.5. The molecular weight excluding hydrogens is 284 g/mol. The van der Waals surface area contributed by atoms with E-state index in [9.17, 15) is 10.2 Å². The van der Waals surface area contributed by atoms with Crippen LogP contribution in [-0.4, -0.2) is 15.2 Å². The standard InChI is InChI=1S/C16H14N2O2S/c19-14-5-4-12(15(20)9-14)10-18-13-3-1-2-11(8-13)16-17-6-7-21-16/h1-9,18-20H,10H2. The summed E-state index contributed by atoms with van der Waals surface area (Å²) in [4.78, 5) is 4.29. The minimum absolute atomic E-state index is 0.0574. The number of aromatic hydroxyl groups is 2. The van der Waals surface area contributed by atoms with Gasteiger partial charge in [0.25, 0.3) is 0 Å². The number of anilines is 1. The van der Waals surface area contributed by atoms with Gasteiger partial charge in [-0.05, 0) is 24.3 Å². The van der Waals surface area contributed by atoms with Crippen LogP contribution < -0.4 is 5.32 Å². The molecule has 5 heteroatoms. The molecule has 0 spiro atoms. The lowest BCUT2D eigenvalue weighted by molar-refractivity contribution is 0.446. The summed E-state index contributed by atoms with van der Waals surface area (Å²) < 4.78 is 0. The molecule has 1 heterocycles. The molecule has 0 saturated carbocycles. The Morgan fingerprint density at radius 2 is 2.00 bits per heavy atom. The van der Waals surface area contributed by atoms with Gasteiger partial charge in [-0.25, -0.2) is 4.98 Å². The van der Waals surface area contributed by atoms with Crippen molar-refractivity contribution in [2.75, 3.05) is 5.32 Å². The highest BCUT2D eigenvalue weighted by Gasteiger charge is 2.04. The number of aromatic nitrogens is 1. The van der Waals surface area contributed by atoms with E-state index in [2.05, 4.69) is 10.3 Å². The normalized spacial score (nSPS) is 10.5. The molecule has 4 nitrogen and oxygen atoms in total. The average molecular weight is 298 g/mol. The first-order valence-electron chi connectivity index (χ1n) is 6.47. The van der Waals surface area contributed by atoms with E-state index in [1.54, 1.807) is 29.7 Å². The number of phenolic OH excluding ortho intramolecular Hbond substituents is 2. The molecule has 106 valence electrons. The lowest BCUT2D eigenvalue weighted by atomic mass is 10.1. The first-order valence-corrected chi connectivity index (χ1v) is 7.35. The van der Waals surface area contributed by atoms with E-state index in [-0.39, 0.29) is 11.5 Å². The molecule has 0 saturated heterocycles. The van der Waals surface area contributed by atoms with Gasteiger partial charge in [-0.2, -0.15) is 0 Å². The molecule has 0 radical (unpaired) electrons. The summed E-state index contributed by atoms with van der Waals surface area (Å²) in [5.74, 6) is 0.139. The SMILES string of the molecule is Oc1ccc(CNc2cccc(-c3nccs3)c2)c(O)c1. The Bertz CT molecular complexity index is 742. The Morgan fingerprint density at radius 3 is 2.76 bits per heavy atom. The van der Waals surface area contributed by atoms with E-state index in [1.807, 2.05) is 29.6 Å². The number of rotatable bonds is 4. The molecule has 0 fully saturated rings. The van der Waals surface area contributed by atoms with Gasteiger partial charge in [0.15, 0.2) is 0 Å². The van der Waals surface area contributed by atoms with Crippen LogP contribution in [-0.2, 0) is 6.54 Å². The molecule has 0 atom stereocenters. The molecule has 3 rings (SSSR count). The molecule has 21 heavy (non-hydrogen) atoms. The lowest BCUT2D eigenvalue weighted by Crippen LogP contribution is -1.99. The molecule has 0 aliphatic rings. The van der Waals surface area contributed by atoms with Crippen LogP contribution in [0.3, 0.4) is 0 Å². The van der Waals surface area contributed by atoms with Gasteiger partial charge in [-0.1, -0.05) is 12.1 Å². The number of nitrogens with zero attached hydrogens (tertiary/aromatic N) is 1. The molecule has 0 amide bonds. The zero-order chi connectivity index (χ0) is 14.7. The lowest BCUT2D eigenvalue weighted by Gasteiger charge is -2.09. The summed E-state index contributed by atoms with van der Waals surface area (Å²) in [6, 6.07) is 12.6. The smallest absolute Gasteiger partial charge is 0.124 e. The summed E-state index contributed by atoms with van der Waals surface area (Å²) in [6.07, 6.45) is 1.79. The van der Waals surface area contributed by atoms with E-state index >= 15 is 0 Å². The van der Waals surface area contributed by atoms with E-state index in [0.717, 1.165) is 21.8 Å². The van der Waals surface area contributed by atoms with Crippen LogP contribution in [0.1, 0.15) is 5.56 Å². The maximum Gasteiger partial charge on any atom is 0.124 e. The van der Waals surface area contributed by atoms with E-state index in [0.29, 0.717) is 6.54 Å². The van der Waals surface area contributed by atoms with Crippen LogP contribution in [0.5, 0.6) is 11.5 Å². The molecule has 3 aromatic rings. The zero-order valence-corrected chi connectivity index (χ0v) is 12.0. The van der Waals surface area contributed by atoms with Gasteiger partial charge in [-0.15, -0.1) is 11.3 Å². The second-order valence-corrected chi connectivity index (χ2v) is 5.48. The summed E-state index contributed by atoms with van der Waals surface area (Å²) in [6.45, 7) is 0.480. The second kappa shape index (κ2) is 5.85. The monoisotopic (exact) mass is 298 g/mol. The van der Waals surface area contributed by atoms with E-state index in [1.165, 1.54) is 6.07 Å². The summed E-state index contributed by atoms with van der Waals surface area (Å²) in [5.41, 5.74) is 2.74. The zero-order valence-electron chi connectivity index (χ0n) is 11.2. The maximum atomic E-state index is 9.77. The second-order valence-electron chi connectivity index (χ2n) is 4.58. The molecule has 0 unspecified atom stereocenters. The molecule has 0 aliphatic carbocycles. The van der Waals surface area contributed by atoms with Gasteiger partial charge in [0.2, 0.25) is 0 Å². The molecule has 0 bridgehead atoms. The highest BCUT2D eigenvalue weighted by atomic mass is 32.1. The fourth-order valence-electron chi connectivity index (χ4n) is 2.03. The number of thiazole rings is 1. The minimum atomic E-state index is 0.0574. The van der Waals surface area contributed by atoms with Crippen LogP contribution in [0.15, 0.2) is 54.0 Å². The van der Waals surface area contributed by atoms with Crippen molar-refractivity contribution in [2.45, 2.75) is 6.54 Å². The highest BCUT2D eigenvalue weighted by Crippen LogP contribution is 2.26. The van der Waals surface area contributed by atoms with E-state index in [4.69, 9.17) is 0 Å². The highest BCUT2D eigenvalue weighted by molar-refractivity contribution is 7.13. The van der Waals surface area contributed by atoms with Crippen molar-refractivity contribution in [3.63, 3.8) is 0 Å². The van der Waals surface area contributed by atoms with Crippen molar-refractivity contribution in [1.82, 2.24) is 4.98 Å². The summed E-state index contributed by atoms with van der Waals surface area (Å²) in [7, 11) is 0. The first-order chi connectivity index (χ1) is 10.2. The Kier molecular flexibility index (Phi) is 3.75. The van der Waals surface area contributed by atoms with Crippen molar-refractivity contribution in [3.8, 4) is 22.1 Å². The third-order valence-corrected chi connectivity index (χ3v) is 3.92. The Hall–Kier alpha value is -2.53. The Labute approximate surface area is 126 Å². The van der Waals surface area contributed by atoms with Crippen molar-refractivity contribution >= 4 is 17.0 Å². The summed E-state index contributed by atoms with van der Waals surface area (Å²) in [5, 5.41) is 25.2.